The molecular formula is C25H20ClFN4O. The van der Waals surface area contributed by atoms with Crippen LogP contribution in [0.4, 0.5) is 4.39 Å². The van der Waals surface area contributed by atoms with Gasteiger partial charge in [-0.1, -0.05) is 23.7 Å². The van der Waals surface area contributed by atoms with Gasteiger partial charge in [-0.15, -0.1) is 0 Å². The number of benzene rings is 3. The second kappa shape index (κ2) is 8.13. The van der Waals surface area contributed by atoms with Crippen molar-refractivity contribution < 1.29 is 9.13 Å². The molecule has 5 aromatic rings. The van der Waals surface area contributed by atoms with Crippen LogP contribution < -0.4 is 4.74 Å². The lowest BCUT2D eigenvalue weighted by Crippen LogP contribution is -2.03. The molecule has 0 N–H and O–H groups in total. The van der Waals surface area contributed by atoms with Crippen molar-refractivity contribution in [3.63, 3.8) is 0 Å². The summed E-state index contributed by atoms with van der Waals surface area (Å²) in [5, 5.41) is 0.651. The molecule has 0 fully saturated rings. The van der Waals surface area contributed by atoms with Crippen molar-refractivity contribution in [3.05, 3.63) is 95.2 Å². The van der Waals surface area contributed by atoms with Gasteiger partial charge in [0.05, 0.1) is 18.1 Å². The minimum atomic E-state index is -0.319. The first-order valence-electron chi connectivity index (χ1n) is 10.1. The molecule has 7 heteroatoms. The summed E-state index contributed by atoms with van der Waals surface area (Å²) in [6.07, 6.45) is 2.33. The van der Waals surface area contributed by atoms with Crippen LogP contribution in [0.15, 0.2) is 72.9 Å². The van der Waals surface area contributed by atoms with E-state index in [1.54, 1.807) is 13.2 Å². The first kappa shape index (κ1) is 20.3. The van der Waals surface area contributed by atoms with Crippen molar-refractivity contribution in [2.24, 2.45) is 7.05 Å². The van der Waals surface area contributed by atoms with Gasteiger partial charge in [0.25, 0.3) is 0 Å². The maximum atomic E-state index is 14.0. The number of imidazole rings is 2. The molecule has 160 valence electrons. The van der Waals surface area contributed by atoms with Gasteiger partial charge in [-0.3, -0.25) is 0 Å². The lowest BCUT2D eigenvalue weighted by molar-refractivity contribution is 0.409. The second-order valence-electron chi connectivity index (χ2n) is 7.50. The predicted molar refractivity (Wildman–Crippen MR) is 124 cm³/mol. The quantitative estimate of drug-likeness (QED) is 0.342. The summed E-state index contributed by atoms with van der Waals surface area (Å²) in [6.45, 7) is 0. The van der Waals surface area contributed by atoms with E-state index >= 15 is 0 Å². The smallest absolute Gasteiger partial charge is 0.161 e. The zero-order chi connectivity index (χ0) is 22.2. The summed E-state index contributed by atoms with van der Waals surface area (Å²) in [6, 6.07) is 20.0. The summed E-state index contributed by atoms with van der Waals surface area (Å²) >= 11 is 6.10. The number of aryl methyl sites for hydroxylation is 1. The van der Waals surface area contributed by atoms with Crippen LogP contribution >= 0.6 is 11.6 Å². The zero-order valence-electron chi connectivity index (χ0n) is 17.6. The minimum absolute atomic E-state index is 0.319. The number of nitrogens with zero attached hydrogens (tertiary/aromatic N) is 4. The highest BCUT2D eigenvalue weighted by molar-refractivity contribution is 6.30. The van der Waals surface area contributed by atoms with Gasteiger partial charge in [0, 0.05) is 35.9 Å². The van der Waals surface area contributed by atoms with Gasteiger partial charge in [0.2, 0.25) is 0 Å². The van der Waals surface area contributed by atoms with E-state index in [4.69, 9.17) is 26.3 Å². The van der Waals surface area contributed by atoms with Crippen molar-refractivity contribution in [1.29, 1.82) is 0 Å². The van der Waals surface area contributed by atoms with E-state index in [1.807, 2.05) is 70.9 Å². The lowest BCUT2D eigenvalue weighted by atomic mass is 10.1. The lowest BCUT2D eigenvalue weighted by Gasteiger charge is -2.11. The molecule has 0 aliphatic rings. The van der Waals surface area contributed by atoms with E-state index in [1.165, 1.54) is 12.1 Å². The molecule has 0 atom stereocenters. The molecule has 0 radical (unpaired) electrons. The number of halogens is 2. The van der Waals surface area contributed by atoms with Gasteiger partial charge >= 0.3 is 0 Å². The number of hydrogen-bond acceptors (Lipinski definition) is 3. The number of ether oxygens (including phenoxy) is 1. The highest BCUT2D eigenvalue weighted by atomic mass is 35.5. The Morgan fingerprint density at radius 1 is 1.00 bits per heavy atom. The number of para-hydroxylation sites is 2. The van der Waals surface area contributed by atoms with Crippen molar-refractivity contribution in [2.45, 2.75) is 6.42 Å². The van der Waals surface area contributed by atoms with Gasteiger partial charge in [0.15, 0.2) is 5.82 Å². The largest absolute Gasteiger partial charge is 0.496 e. The summed E-state index contributed by atoms with van der Waals surface area (Å²) in [4.78, 5) is 9.69. The summed E-state index contributed by atoms with van der Waals surface area (Å²) in [7, 11) is 3.55. The fraction of sp³-hybridized carbons (Fsp3) is 0.120. The van der Waals surface area contributed by atoms with Crippen molar-refractivity contribution in [2.75, 3.05) is 7.11 Å². The Balaban J connectivity index is 1.66. The van der Waals surface area contributed by atoms with Crippen LogP contribution in [-0.4, -0.2) is 26.2 Å². The standard InChI is InChI=1S/C25H20ClFN4O/c1-30-22-6-4-3-5-20(22)29-25(30)21-15-31(19-10-7-17(26)8-11-19)24(28-21)14-16-13-18(27)9-12-23(16)32-2/h3-13,15H,14H2,1-2H3. The molecule has 5 nitrogen and oxygen atoms in total. The minimum Gasteiger partial charge on any atom is -0.496 e. The molecule has 2 aromatic heterocycles. The number of hydrogen-bond donors (Lipinski definition) is 0. The Kier molecular flexibility index (Phi) is 5.15. The normalized spacial score (nSPS) is 11.2. The first-order chi connectivity index (χ1) is 15.5. The maximum absolute atomic E-state index is 14.0. The van der Waals surface area contributed by atoms with E-state index in [0.717, 1.165) is 34.1 Å². The van der Waals surface area contributed by atoms with Crippen molar-refractivity contribution >= 4 is 22.6 Å². The molecule has 5 rings (SSSR count). The molecule has 3 aromatic carbocycles. The molecule has 0 aliphatic heterocycles. The molecule has 0 aliphatic carbocycles. The SMILES string of the molecule is COc1ccc(F)cc1Cc1nc(-c2nc3ccccc3n2C)cn1-c1ccc(Cl)cc1. The summed E-state index contributed by atoms with van der Waals surface area (Å²) in [5.41, 5.74) is 4.27. The van der Waals surface area contributed by atoms with Crippen LogP contribution in [0, 0.1) is 5.82 Å². The average Bonchev–Trinajstić information content (AvgIpc) is 3.36. The Morgan fingerprint density at radius 2 is 1.78 bits per heavy atom. The van der Waals surface area contributed by atoms with Crippen LogP contribution in [0.2, 0.25) is 5.02 Å². The molecule has 32 heavy (non-hydrogen) atoms. The Labute approximate surface area is 189 Å². The van der Waals surface area contributed by atoms with E-state index < -0.39 is 0 Å². The number of aromatic nitrogens is 4. The topological polar surface area (TPSA) is 44.9 Å². The van der Waals surface area contributed by atoms with Gasteiger partial charge in [-0.2, -0.15) is 0 Å². The van der Waals surface area contributed by atoms with Crippen LogP contribution in [-0.2, 0) is 13.5 Å². The van der Waals surface area contributed by atoms with Crippen LogP contribution in [0.25, 0.3) is 28.2 Å². The predicted octanol–water partition coefficient (Wildman–Crippen LogP) is 5.82. The zero-order valence-corrected chi connectivity index (χ0v) is 18.3. The van der Waals surface area contributed by atoms with E-state index in [2.05, 4.69) is 0 Å². The third-order valence-corrected chi connectivity index (χ3v) is 5.74. The molecule has 0 spiro atoms. The molecule has 0 saturated heterocycles. The van der Waals surface area contributed by atoms with Gasteiger partial charge in [-0.25, -0.2) is 14.4 Å². The molecule has 2 heterocycles. The summed E-state index contributed by atoms with van der Waals surface area (Å²) < 4.78 is 23.4. The molecule has 0 saturated carbocycles. The maximum Gasteiger partial charge on any atom is 0.161 e. The number of methoxy groups -OCH3 is 1. The van der Waals surface area contributed by atoms with Gasteiger partial charge in [-0.05, 0) is 54.6 Å². The fourth-order valence-electron chi connectivity index (χ4n) is 3.91. The third kappa shape index (κ3) is 3.63. The molecule has 0 amide bonds. The summed E-state index contributed by atoms with van der Waals surface area (Å²) in [5.74, 6) is 1.78. The molecule has 0 bridgehead atoms. The average molecular weight is 447 g/mol. The van der Waals surface area contributed by atoms with Crippen LogP contribution in [0.3, 0.4) is 0 Å². The van der Waals surface area contributed by atoms with Crippen LogP contribution in [0.5, 0.6) is 5.75 Å². The van der Waals surface area contributed by atoms with Crippen LogP contribution in [0.1, 0.15) is 11.4 Å². The molecule has 0 unspecified atom stereocenters. The van der Waals surface area contributed by atoms with Crippen molar-refractivity contribution in [1.82, 2.24) is 19.1 Å². The van der Waals surface area contributed by atoms with Crippen molar-refractivity contribution in [3.8, 4) is 23.0 Å². The Hall–Kier alpha value is -3.64. The highest BCUT2D eigenvalue weighted by Crippen LogP contribution is 2.28. The molecular weight excluding hydrogens is 427 g/mol. The fourth-order valence-corrected chi connectivity index (χ4v) is 4.03. The van der Waals surface area contributed by atoms with Gasteiger partial charge < -0.3 is 13.9 Å². The number of fused-ring (bicyclic) bond motifs is 1. The Bertz CT molecular complexity index is 1420. The van der Waals surface area contributed by atoms with Gasteiger partial charge in [0.1, 0.15) is 23.1 Å². The first-order valence-corrected chi connectivity index (χ1v) is 10.5. The highest BCUT2D eigenvalue weighted by Gasteiger charge is 2.18. The van der Waals surface area contributed by atoms with E-state index in [9.17, 15) is 4.39 Å². The van der Waals surface area contributed by atoms with E-state index in [0.29, 0.717) is 22.8 Å². The second-order valence-corrected chi connectivity index (χ2v) is 7.94. The third-order valence-electron chi connectivity index (χ3n) is 5.49. The van der Waals surface area contributed by atoms with E-state index in [-0.39, 0.29) is 5.82 Å². The number of rotatable bonds is 5. The Morgan fingerprint density at radius 3 is 2.53 bits per heavy atom. The monoisotopic (exact) mass is 446 g/mol.